The van der Waals surface area contributed by atoms with Gasteiger partial charge in [0.1, 0.15) is 5.75 Å². The van der Waals surface area contributed by atoms with Gasteiger partial charge in [0.25, 0.3) is 0 Å². The number of likely N-dealkylation sites (tertiary alicyclic amines) is 1. The van der Waals surface area contributed by atoms with Crippen LogP contribution in [0, 0.1) is 5.92 Å². The third kappa shape index (κ3) is 3.64. The fourth-order valence-electron chi connectivity index (χ4n) is 4.14. The van der Waals surface area contributed by atoms with Crippen LogP contribution in [0.4, 0.5) is 0 Å². The van der Waals surface area contributed by atoms with E-state index < -0.39 is 0 Å². The quantitative estimate of drug-likeness (QED) is 0.760. The van der Waals surface area contributed by atoms with Gasteiger partial charge in [0.15, 0.2) is 5.82 Å². The van der Waals surface area contributed by atoms with E-state index in [1.807, 2.05) is 24.3 Å². The Labute approximate surface area is 166 Å². The average molecular weight is 383 g/mol. The molecule has 1 saturated carbocycles. The Balaban J connectivity index is 1.34. The molecule has 1 aromatic heterocycles. The van der Waals surface area contributed by atoms with Crippen molar-refractivity contribution in [1.82, 2.24) is 15.0 Å². The lowest BCUT2D eigenvalue weighted by Gasteiger charge is -2.34. The van der Waals surface area contributed by atoms with Gasteiger partial charge in [-0.25, -0.2) is 0 Å². The third-order valence-electron chi connectivity index (χ3n) is 6.17. The minimum Gasteiger partial charge on any atom is -0.497 e. The van der Waals surface area contributed by atoms with Crippen molar-refractivity contribution in [2.24, 2.45) is 5.92 Å². The Morgan fingerprint density at radius 2 is 1.93 bits per heavy atom. The van der Waals surface area contributed by atoms with Crippen molar-refractivity contribution >= 4 is 5.91 Å². The van der Waals surface area contributed by atoms with E-state index in [1.165, 1.54) is 0 Å². The van der Waals surface area contributed by atoms with Crippen LogP contribution < -0.4 is 4.74 Å². The van der Waals surface area contributed by atoms with Crippen molar-refractivity contribution in [3.63, 3.8) is 0 Å². The van der Waals surface area contributed by atoms with E-state index in [0.717, 1.165) is 68.2 Å². The molecule has 0 N–H and O–H groups in total. The molecule has 1 amide bonds. The number of hydrogen-bond acceptors (Lipinski definition) is 5. The SMILES string of the molecule is COc1ccc(C2(C(=O)N3CCC(Cc4nc(C(C)C)no4)CC3)CC2)cc1. The lowest BCUT2D eigenvalue weighted by molar-refractivity contribution is -0.135. The van der Waals surface area contributed by atoms with Gasteiger partial charge < -0.3 is 14.2 Å². The van der Waals surface area contributed by atoms with Crippen molar-refractivity contribution in [2.75, 3.05) is 20.2 Å². The molecule has 4 rings (SSSR count). The molecule has 0 atom stereocenters. The minimum atomic E-state index is -0.308. The van der Waals surface area contributed by atoms with Gasteiger partial charge in [-0.1, -0.05) is 31.1 Å². The second-order valence-corrected chi connectivity index (χ2v) is 8.45. The zero-order valence-corrected chi connectivity index (χ0v) is 17.0. The number of nitrogens with zero attached hydrogens (tertiary/aromatic N) is 3. The lowest BCUT2D eigenvalue weighted by Crippen LogP contribution is -2.44. The van der Waals surface area contributed by atoms with E-state index >= 15 is 0 Å². The highest BCUT2D eigenvalue weighted by molar-refractivity contribution is 5.91. The van der Waals surface area contributed by atoms with Crippen LogP contribution in [0.5, 0.6) is 5.75 Å². The number of carbonyl (C=O) groups is 1. The highest BCUT2D eigenvalue weighted by Crippen LogP contribution is 2.50. The van der Waals surface area contributed by atoms with Crippen LogP contribution in [-0.2, 0) is 16.6 Å². The van der Waals surface area contributed by atoms with Crippen molar-refractivity contribution in [1.29, 1.82) is 0 Å². The summed E-state index contributed by atoms with van der Waals surface area (Å²) in [6, 6.07) is 7.98. The monoisotopic (exact) mass is 383 g/mol. The number of aromatic nitrogens is 2. The number of hydrogen-bond donors (Lipinski definition) is 0. The molecule has 1 saturated heterocycles. The second-order valence-electron chi connectivity index (χ2n) is 8.45. The summed E-state index contributed by atoms with van der Waals surface area (Å²) >= 11 is 0. The highest BCUT2D eigenvalue weighted by atomic mass is 16.5. The number of rotatable bonds is 6. The first-order valence-electron chi connectivity index (χ1n) is 10.3. The average Bonchev–Trinajstić information content (AvgIpc) is 3.40. The maximum atomic E-state index is 13.2. The molecule has 6 heteroatoms. The molecule has 2 heterocycles. The van der Waals surface area contributed by atoms with E-state index in [4.69, 9.17) is 9.26 Å². The summed E-state index contributed by atoms with van der Waals surface area (Å²) in [6.07, 6.45) is 4.68. The summed E-state index contributed by atoms with van der Waals surface area (Å²) < 4.78 is 10.6. The van der Waals surface area contributed by atoms with Crippen LogP contribution in [-0.4, -0.2) is 41.1 Å². The molecule has 0 bridgehead atoms. The first kappa shape index (κ1) is 19.0. The van der Waals surface area contributed by atoms with Crippen molar-refractivity contribution in [3.8, 4) is 5.75 Å². The maximum absolute atomic E-state index is 13.2. The van der Waals surface area contributed by atoms with E-state index in [2.05, 4.69) is 28.9 Å². The molecule has 1 aliphatic carbocycles. The summed E-state index contributed by atoms with van der Waals surface area (Å²) in [5.74, 6) is 3.40. The third-order valence-corrected chi connectivity index (χ3v) is 6.17. The van der Waals surface area contributed by atoms with E-state index in [1.54, 1.807) is 7.11 Å². The van der Waals surface area contributed by atoms with Crippen LogP contribution in [0.1, 0.15) is 62.7 Å². The summed E-state index contributed by atoms with van der Waals surface area (Å²) in [6.45, 7) is 5.75. The Bertz CT molecular complexity index is 816. The predicted molar refractivity (Wildman–Crippen MR) is 105 cm³/mol. The normalized spacial score (nSPS) is 19.1. The number of carbonyl (C=O) groups excluding carboxylic acids is 1. The Morgan fingerprint density at radius 1 is 1.25 bits per heavy atom. The molecule has 2 aromatic rings. The number of methoxy groups -OCH3 is 1. The fraction of sp³-hybridized carbons (Fsp3) is 0.591. The van der Waals surface area contributed by atoms with E-state index in [9.17, 15) is 4.79 Å². The zero-order valence-electron chi connectivity index (χ0n) is 17.0. The topological polar surface area (TPSA) is 68.5 Å². The van der Waals surface area contributed by atoms with Gasteiger partial charge >= 0.3 is 0 Å². The van der Waals surface area contributed by atoms with Gasteiger partial charge in [0.2, 0.25) is 11.8 Å². The van der Waals surface area contributed by atoms with Crippen LogP contribution >= 0.6 is 0 Å². The summed E-state index contributed by atoms with van der Waals surface area (Å²) in [4.78, 5) is 19.8. The van der Waals surface area contributed by atoms with Crippen molar-refractivity contribution < 1.29 is 14.1 Å². The molecule has 2 aliphatic rings. The van der Waals surface area contributed by atoms with Crippen LogP contribution in [0.2, 0.25) is 0 Å². The molecule has 6 nitrogen and oxygen atoms in total. The molecule has 1 aliphatic heterocycles. The van der Waals surface area contributed by atoms with Gasteiger partial charge in [-0.05, 0) is 49.3 Å². The largest absolute Gasteiger partial charge is 0.497 e. The molecular weight excluding hydrogens is 354 g/mol. The van der Waals surface area contributed by atoms with Crippen molar-refractivity contribution in [3.05, 3.63) is 41.5 Å². The predicted octanol–water partition coefficient (Wildman–Crippen LogP) is 3.71. The first-order chi connectivity index (χ1) is 13.5. The number of ether oxygens (including phenoxy) is 1. The zero-order chi connectivity index (χ0) is 19.7. The minimum absolute atomic E-state index is 0.282. The summed E-state index contributed by atoms with van der Waals surface area (Å²) in [5.41, 5.74) is 0.810. The molecule has 28 heavy (non-hydrogen) atoms. The van der Waals surface area contributed by atoms with Crippen LogP contribution in [0.25, 0.3) is 0 Å². The van der Waals surface area contributed by atoms with Gasteiger partial charge in [0.05, 0.1) is 12.5 Å². The van der Waals surface area contributed by atoms with Crippen LogP contribution in [0.3, 0.4) is 0 Å². The maximum Gasteiger partial charge on any atom is 0.233 e. The van der Waals surface area contributed by atoms with Crippen molar-refractivity contribution in [2.45, 2.75) is 57.3 Å². The molecular formula is C22H29N3O3. The number of amides is 1. The van der Waals surface area contributed by atoms with E-state index in [0.29, 0.717) is 5.92 Å². The summed E-state index contributed by atoms with van der Waals surface area (Å²) in [7, 11) is 1.66. The van der Waals surface area contributed by atoms with Crippen LogP contribution in [0.15, 0.2) is 28.8 Å². The van der Waals surface area contributed by atoms with Gasteiger partial charge in [-0.3, -0.25) is 4.79 Å². The second kappa shape index (κ2) is 7.57. The first-order valence-corrected chi connectivity index (χ1v) is 10.3. The molecule has 0 unspecified atom stereocenters. The highest BCUT2D eigenvalue weighted by Gasteiger charge is 2.53. The number of piperidine rings is 1. The van der Waals surface area contributed by atoms with Gasteiger partial charge in [-0.15, -0.1) is 0 Å². The Morgan fingerprint density at radius 3 is 2.46 bits per heavy atom. The molecule has 0 spiro atoms. The Kier molecular flexibility index (Phi) is 5.13. The number of benzene rings is 1. The molecule has 1 aromatic carbocycles. The standard InChI is InChI=1S/C22H29N3O3/c1-15(2)20-23-19(28-24-20)14-16-8-12-25(13-9-16)21(26)22(10-11-22)17-4-6-18(27-3)7-5-17/h4-7,15-16H,8-14H2,1-3H3. The molecule has 2 fully saturated rings. The molecule has 150 valence electrons. The van der Waals surface area contributed by atoms with Gasteiger partial charge in [0, 0.05) is 25.4 Å². The summed E-state index contributed by atoms with van der Waals surface area (Å²) in [5, 5.41) is 4.05. The van der Waals surface area contributed by atoms with E-state index in [-0.39, 0.29) is 17.2 Å². The molecule has 0 radical (unpaired) electrons. The fourth-order valence-corrected chi connectivity index (χ4v) is 4.14. The van der Waals surface area contributed by atoms with Gasteiger partial charge in [-0.2, -0.15) is 4.98 Å². The smallest absolute Gasteiger partial charge is 0.233 e. The lowest BCUT2D eigenvalue weighted by atomic mass is 9.90. The Hall–Kier alpha value is -2.37.